The van der Waals surface area contributed by atoms with E-state index >= 15 is 0 Å². The van der Waals surface area contributed by atoms with Gasteiger partial charge in [0.1, 0.15) is 5.82 Å². The van der Waals surface area contributed by atoms with Crippen LogP contribution in [0.5, 0.6) is 0 Å². The standard InChI is InChI=1S/C16H19N3/c1-2-4-14-13(3-1)5-11-19-12-10-18-15(19)16(14)6-8-17-9-7-16/h1-4,10,12,17H,5-9,11H2. The van der Waals surface area contributed by atoms with E-state index in [2.05, 4.69) is 40.3 Å². The van der Waals surface area contributed by atoms with Gasteiger partial charge in [-0.25, -0.2) is 4.98 Å². The third-order valence-corrected chi connectivity index (χ3v) is 4.76. The molecule has 0 radical (unpaired) electrons. The molecule has 0 saturated carbocycles. The second-order valence-corrected chi connectivity index (χ2v) is 5.68. The summed E-state index contributed by atoms with van der Waals surface area (Å²) in [7, 11) is 0. The summed E-state index contributed by atoms with van der Waals surface area (Å²) < 4.78 is 2.37. The number of benzene rings is 1. The van der Waals surface area contributed by atoms with Gasteiger partial charge in [-0.3, -0.25) is 0 Å². The molecule has 1 spiro atoms. The van der Waals surface area contributed by atoms with E-state index < -0.39 is 0 Å². The SMILES string of the molecule is c1ccc2c(c1)CCn1ccnc1C21CCNCC1. The Labute approximate surface area is 113 Å². The van der Waals surface area contributed by atoms with Crippen LogP contribution in [-0.2, 0) is 18.4 Å². The Morgan fingerprint density at radius 3 is 2.89 bits per heavy atom. The van der Waals surface area contributed by atoms with Crippen LogP contribution in [0.1, 0.15) is 29.8 Å². The zero-order valence-electron chi connectivity index (χ0n) is 11.1. The van der Waals surface area contributed by atoms with E-state index in [4.69, 9.17) is 4.98 Å². The van der Waals surface area contributed by atoms with Gasteiger partial charge >= 0.3 is 0 Å². The van der Waals surface area contributed by atoms with Crippen LogP contribution in [0.15, 0.2) is 36.7 Å². The van der Waals surface area contributed by atoms with Gasteiger partial charge in [0.05, 0.1) is 5.41 Å². The molecule has 98 valence electrons. The predicted molar refractivity (Wildman–Crippen MR) is 75.3 cm³/mol. The van der Waals surface area contributed by atoms with Crippen molar-refractivity contribution < 1.29 is 0 Å². The van der Waals surface area contributed by atoms with Crippen molar-refractivity contribution in [2.75, 3.05) is 13.1 Å². The van der Waals surface area contributed by atoms with Crippen molar-refractivity contribution in [3.05, 3.63) is 53.6 Å². The number of imidazole rings is 1. The molecule has 0 bridgehead atoms. The van der Waals surface area contributed by atoms with E-state index in [0.717, 1.165) is 38.9 Å². The van der Waals surface area contributed by atoms with Gasteiger partial charge in [-0.15, -0.1) is 0 Å². The highest BCUT2D eigenvalue weighted by atomic mass is 15.1. The molecule has 2 aromatic rings. The highest BCUT2D eigenvalue weighted by molar-refractivity contribution is 5.42. The topological polar surface area (TPSA) is 29.9 Å². The van der Waals surface area contributed by atoms with Crippen LogP contribution < -0.4 is 5.32 Å². The van der Waals surface area contributed by atoms with E-state index in [-0.39, 0.29) is 5.41 Å². The molecular weight excluding hydrogens is 234 g/mol. The molecule has 1 fully saturated rings. The molecule has 3 nitrogen and oxygen atoms in total. The Bertz CT molecular complexity index is 594. The van der Waals surface area contributed by atoms with Crippen molar-refractivity contribution >= 4 is 0 Å². The lowest BCUT2D eigenvalue weighted by atomic mass is 9.71. The lowest BCUT2D eigenvalue weighted by Gasteiger charge is -2.37. The van der Waals surface area contributed by atoms with Crippen LogP contribution in [0.25, 0.3) is 0 Å². The Hall–Kier alpha value is -1.61. The second kappa shape index (κ2) is 4.20. The first-order valence-corrected chi connectivity index (χ1v) is 7.21. The fourth-order valence-electron chi connectivity index (χ4n) is 3.82. The lowest BCUT2D eigenvalue weighted by molar-refractivity contribution is 0.339. The Morgan fingerprint density at radius 1 is 1.16 bits per heavy atom. The smallest absolute Gasteiger partial charge is 0.119 e. The van der Waals surface area contributed by atoms with Crippen molar-refractivity contribution in [3.63, 3.8) is 0 Å². The van der Waals surface area contributed by atoms with Crippen molar-refractivity contribution in [2.24, 2.45) is 0 Å². The third-order valence-electron chi connectivity index (χ3n) is 4.76. The summed E-state index contributed by atoms with van der Waals surface area (Å²) in [5, 5.41) is 3.49. The summed E-state index contributed by atoms with van der Waals surface area (Å²) in [6.07, 6.45) is 7.54. The lowest BCUT2D eigenvalue weighted by Crippen LogP contribution is -2.42. The summed E-state index contributed by atoms with van der Waals surface area (Å²) in [6.45, 7) is 3.23. The number of hydrogen-bond acceptors (Lipinski definition) is 2. The summed E-state index contributed by atoms with van der Waals surface area (Å²) in [5.74, 6) is 1.28. The first kappa shape index (κ1) is 11.2. The van der Waals surface area contributed by atoms with E-state index in [1.807, 2.05) is 6.20 Å². The van der Waals surface area contributed by atoms with Crippen LogP contribution in [0.3, 0.4) is 0 Å². The first-order valence-electron chi connectivity index (χ1n) is 7.21. The summed E-state index contributed by atoms with van der Waals surface area (Å²) in [6, 6.07) is 8.97. The molecule has 1 N–H and O–H groups in total. The quantitative estimate of drug-likeness (QED) is 0.779. The van der Waals surface area contributed by atoms with Gasteiger partial charge in [0.2, 0.25) is 0 Å². The summed E-state index contributed by atoms with van der Waals surface area (Å²) in [4.78, 5) is 4.73. The maximum atomic E-state index is 4.73. The molecule has 0 aliphatic carbocycles. The average Bonchev–Trinajstić information content (AvgIpc) is 2.91. The van der Waals surface area contributed by atoms with Gasteiger partial charge in [-0.05, 0) is 43.5 Å². The minimum atomic E-state index is 0.127. The second-order valence-electron chi connectivity index (χ2n) is 5.68. The number of piperidine rings is 1. The molecule has 4 rings (SSSR count). The zero-order chi connectivity index (χ0) is 12.7. The number of fused-ring (bicyclic) bond motifs is 4. The molecule has 2 aliphatic heterocycles. The van der Waals surface area contributed by atoms with Gasteiger partial charge in [0, 0.05) is 18.9 Å². The summed E-state index contributed by atoms with van der Waals surface area (Å²) in [5.41, 5.74) is 3.15. The van der Waals surface area contributed by atoms with Crippen LogP contribution >= 0.6 is 0 Å². The highest BCUT2D eigenvalue weighted by Crippen LogP contribution is 2.42. The number of nitrogens with one attached hydrogen (secondary N) is 1. The van der Waals surface area contributed by atoms with E-state index in [0.29, 0.717) is 0 Å². The van der Waals surface area contributed by atoms with Crippen molar-refractivity contribution in [1.29, 1.82) is 0 Å². The van der Waals surface area contributed by atoms with Crippen molar-refractivity contribution in [2.45, 2.75) is 31.2 Å². The molecule has 1 saturated heterocycles. The van der Waals surface area contributed by atoms with Crippen LogP contribution in [0.2, 0.25) is 0 Å². The Morgan fingerprint density at radius 2 is 2.00 bits per heavy atom. The highest BCUT2D eigenvalue weighted by Gasteiger charge is 2.41. The minimum Gasteiger partial charge on any atom is -0.334 e. The largest absolute Gasteiger partial charge is 0.334 e. The monoisotopic (exact) mass is 253 g/mol. The molecule has 0 amide bonds. The van der Waals surface area contributed by atoms with Crippen LogP contribution in [0.4, 0.5) is 0 Å². The fourth-order valence-corrected chi connectivity index (χ4v) is 3.82. The Kier molecular flexibility index (Phi) is 2.49. The molecule has 3 heteroatoms. The van der Waals surface area contributed by atoms with Crippen molar-refractivity contribution in [3.8, 4) is 0 Å². The number of nitrogens with zero attached hydrogens (tertiary/aromatic N) is 2. The molecule has 1 aromatic heterocycles. The molecular formula is C16H19N3. The summed E-state index contributed by atoms with van der Waals surface area (Å²) >= 11 is 0. The number of aromatic nitrogens is 2. The van der Waals surface area contributed by atoms with Crippen molar-refractivity contribution in [1.82, 2.24) is 14.9 Å². The maximum Gasteiger partial charge on any atom is 0.119 e. The molecule has 0 atom stereocenters. The number of rotatable bonds is 0. The van der Waals surface area contributed by atoms with Gasteiger partial charge < -0.3 is 9.88 Å². The van der Waals surface area contributed by atoms with Gasteiger partial charge in [0.15, 0.2) is 0 Å². The van der Waals surface area contributed by atoms with E-state index in [9.17, 15) is 0 Å². The number of hydrogen-bond donors (Lipinski definition) is 1. The first-order chi connectivity index (χ1) is 9.40. The molecule has 2 aliphatic rings. The fraction of sp³-hybridized carbons (Fsp3) is 0.438. The Balaban J connectivity index is 1.97. The van der Waals surface area contributed by atoms with Crippen LogP contribution in [-0.4, -0.2) is 22.6 Å². The third kappa shape index (κ3) is 1.58. The molecule has 1 aromatic carbocycles. The van der Waals surface area contributed by atoms with Crippen LogP contribution in [0, 0.1) is 0 Å². The predicted octanol–water partition coefficient (Wildman–Crippen LogP) is 2.11. The van der Waals surface area contributed by atoms with Gasteiger partial charge in [-0.2, -0.15) is 0 Å². The number of aryl methyl sites for hydroxylation is 2. The van der Waals surface area contributed by atoms with E-state index in [1.54, 1.807) is 0 Å². The molecule has 19 heavy (non-hydrogen) atoms. The molecule has 3 heterocycles. The minimum absolute atomic E-state index is 0.127. The van der Waals surface area contributed by atoms with Gasteiger partial charge in [0.25, 0.3) is 0 Å². The maximum absolute atomic E-state index is 4.73. The van der Waals surface area contributed by atoms with E-state index in [1.165, 1.54) is 17.0 Å². The van der Waals surface area contributed by atoms with Gasteiger partial charge in [-0.1, -0.05) is 24.3 Å². The normalized spacial score (nSPS) is 20.6. The molecule has 0 unspecified atom stereocenters. The average molecular weight is 253 g/mol. The zero-order valence-corrected chi connectivity index (χ0v) is 11.1.